The number of thioether (sulfide) groups is 1. The SMILES string of the molecule is COc1cccc(-c2csc(NC(=O)C(Sc3ccc(NC(=O)Cc4ccccc4)cc3)c3ccccc3)n2)c1. The van der Waals surface area contributed by atoms with Crippen molar-refractivity contribution < 1.29 is 14.3 Å². The largest absolute Gasteiger partial charge is 0.497 e. The van der Waals surface area contributed by atoms with Crippen LogP contribution in [0, 0.1) is 0 Å². The summed E-state index contributed by atoms with van der Waals surface area (Å²) in [4.78, 5) is 31.5. The number of nitrogens with one attached hydrogen (secondary N) is 2. The van der Waals surface area contributed by atoms with Crippen LogP contribution in [0.1, 0.15) is 16.4 Å². The Balaban J connectivity index is 1.27. The van der Waals surface area contributed by atoms with Gasteiger partial charge in [0.25, 0.3) is 0 Å². The van der Waals surface area contributed by atoms with Crippen LogP contribution >= 0.6 is 23.1 Å². The molecule has 1 heterocycles. The normalized spacial score (nSPS) is 11.4. The molecule has 8 heteroatoms. The highest BCUT2D eigenvalue weighted by Crippen LogP contribution is 2.37. The number of amides is 2. The molecule has 40 heavy (non-hydrogen) atoms. The minimum absolute atomic E-state index is 0.0788. The van der Waals surface area contributed by atoms with Gasteiger partial charge in [0.15, 0.2) is 5.13 Å². The van der Waals surface area contributed by atoms with Gasteiger partial charge in [-0.3, -0.25) is 9.59 Å². The molecule has 5 rings (SSSR count). The fourth-order valence-corrected chi connectivity index (χ4v) is 5.80. The molecule has 1 unspecified atom stereocenters. The predicted molar refractivity (Wildman–Crippen MR) is 163 cm³/mol. The van der Waals surface area contributed by atoms with Gasteiger partial charge in [-0.25, -0.2) is 4.98 Å². The second-order valence-corrected chi connectivity index (χ2v) is 10.9. The lowest BCUT2D eigenvalue weighted by atomic mass is 10.1. The smallest absolute Gasteiger partial charge is 0.244 e. The zero-order valence-electron chi connectivity index (χ0n) is 21.7. The summed E-state index contributed by atoms with van der Waals surface area (Å²) in [5.41, 5.74) is 4.24. The maximum atomic E-state index is 13.5. The van der Waals surface area contributed by atoms with Crippen molar-refractivity contribution in [2.75, 3.05) is 17.7 Å². The van der Waals surface area contributed by atoms with Crippen LogP contribution in [0.2, 0.25) is 0 Å². The Morgan fingerprint density at radius 1 is 0.875 bits per heavy atom. The molecule has 2 amide bonds. The number of hydrogen-bond donors (Lipinski definition) is 2. The standard InChI is InChI=1S/C32H27N3O3S2/c1-38-26-14-8-13-24(20-26)28-21-39-32(34-28)35-31(37)30(23-11-6-3-7-12-23)40-27-17-15-25(16-18-27)33-29(36)19-22-9-4-2-5-10-22/h2-18,20-21,30H,19H2,1H3,(H,33,36)(H,34,35,37). The summed E-state index contributed by atoms with van der Waals surface area (Å²) in [6.45, 7) is 0. The van der Waals surface area contributed by atoms with E-state index in [1.54, 1.807) is 7.11 Å². The highest BCUT2D eigenvalue weighted by Gasteiger charge is 2.23. The third kappa shape index (κ3) is 7.16. The molecule has 4 aromatic carbocycles. The molecule has 0 aliphatic heterocycles. The van der Waals surface area contributed by atoms with E-state index in [4.69, 9.17) is 4.74 Å². The topological polar surface area (TPSA) is 80.3 Å². The molecule has 0 saturated carbocycles. The molecule has 0 fully saturated rings. The van der Waals surface area contributed by atoms with Crippen LogP contribution < -0.4 is 15.4 Å². The van der Waals surface area contributed by atoms with E-state index < -0.39 is 5.25 Å². The lowest BCUT2D eigenvalue weighted by molar-refractivity contribution is -0.116. The highest BCUT2D eigenvalue weighted by molar-refractivity contribution is 8.00. The molecule has 0 spiro atoms. The van der Waals surface area contributed by atoms with E-state index in [0.717, 1.165) is 33.0 Å². The van der Waals surface area contributed by atoms with Crippen LogP contribution in [0.25, 0.3) is 11.3 Å². The number of carbonyl (C=O) groups excluding carboxylic acids is 2. The van der Waals surface area contributed by atoms with Gasteiger partial charge in [-0.2, -0.15) is 0 Å². The Bertz CT molecular complexity index is 1570. The molecule has 0 aliphatic rings. The van der Waals surface area contributed by atoms with E-state index in [1.807, 2.05) is 115 Å². The fourth-order valence-electron chi connectivity index (χ4n) is 4.06. The third-order valence-electron chi connectivity index (χ3n) is 6.04. The summed E-state index contributed by atoms with van der Waals surface area (Å²) in [6.07, 6.45) is 0.309. The first-order chi connectivity index (χ1) is 19.6. The summed E-state index contributed by atoms with van der Waals surface area (Å²) in [7, 11) is 1.63. The Kier molecular flexibility index (Phi) is 8.90. The van der Waals surface area contributed by atoms with Crippen molar-refractivity contribution in [1.29, 1.82) is 0 Å². The van der Waals surface area contributed by atoms with Crippen LogP contribution in [-0.4, -0.2) is 23.9 Å². The van der Waals surface area contributed by atoms with Crippen molar-refractivity contribution >= 4 is 45.7 Å². The number of nitrogens with zero attached hydrogens (tertiary/aromatic N) is 1. The summed E-state index contributed by atoms with van der Waals surface area (Å²) < 4.78 is 5.32. The molecule has 2 N–H and O–H groups in total. The van der Waals surface area contributed by atoms with Crippen molar-refractivity contribution in [3.63, 3.8) is 0 Å². The Labute approximate surface area is 241 Å². The molecule has 1 atom stereocenters. The number of rotatable bonds is 10. The number of hydrogen-bond acceptors (Lipinski definition) is 6. The van der Waals surface area contributed by atoms with Crippen molar-refractivity contribution in [3.05, 3.63) is 126 Å². The van der Waals surface area contributed by atoms with Gasteiger partial charge in [0.2, 0.25) is 11.8 Å². The zero-order valence-corrected chi connectivity index (χ0v) is 23.4. The second kappa shape index (κ2) is 13.1. The maximum Gasteiger partial charge on any atom is 0.244 e. The Hall–Kier alpha value is -4.40. The minimum Gasteiger partial charge on any atom is -0.497 e. The number of methoxy groups -OCH3 is 1. The number of aromatic nitrogens is 1. The number of thiazole rings is 1. The average molecular weight is 566 g/mol. The van der Waals surface area contributed by atoms with Crippen molar-refractivity contribution in [3.8, 4) is 17.0 Å². The summed E-state index contributed by atoms with van der Waals surface area (Å²) in [6, 6.07) is 34.5. The van der Waals surface area contributed by atoms with Gasteiger partial charge < -0.3 is 15.4 Å². The lowest BCUT2D eigenvalue weighted by Crippen LogP contribution is -2.19. The minimum atomic E-state index is -0.496. The molecule has 5 aromatic rings. The van der Waals surface area contributed by atoms with E-state index in [-0.39, 0.29) is 11.8 Å². The van der Waals surface area contributed by atoms with Gasteiger partial charge in [-0.15, -0.1) is 23.1 Å². The van der Waals surface area contributed by atoms with Crippen molar-refractivity contribution in [2.45, 2.75) is 16.6 Å². The molecule has 0 bridgehead atoms. The molecular formula is C32H27N3O3S2. The van der Waals surface area contributed by atoms with E-state index in [9.17, 15) is 9.59 Å². The second-order valence-electron chi connectivity index (χ2n) is 8.90. The van der Waals surface area contributed by atoms with Crippen LogP contribution in [0.5, 0.6) is 5.75 Å². The average Bonchev–Trinajstić information content (AvgIpc) is 3.46. The number of ether oxygens (including phenoxy) is 1. The van der Waals surface area contributed by atoms with E-state index in [2.05, 4.69) is 15.6 Å². The van der Waals surface area contributed by atoms with Crippen LogP contribution in [0.4, 0.5) is 10.8 Å². The van der Waals surface area contributed by atoms with Gasteiger partial charge in [0.05, 0.1) is 19.2 Å². The first-order valence-electron chi connectivity index (χ1n) is 12.6. The van der Waals surface area contributed by atoms with Gasteiger partial charge in [-0.1, -0.05) is 72.8 Å². The van der Waals surface area contributed by atoms with E-state index in [1.165, 1.54) is 23.1 Å². The molecule has 1 aromatic heterocycles. The molecule has 0 radical (unpaired) electrons. The molecule has 200 valence electrons. The first-order valence-corrected chi connectivity index (χ1v) is 14.4. The zero-order chi connectivity index (χ0) is 27.7. The third-order valence-corrected chi connectivity index (χ3v) is 8.06. The Morgan fingerprint density at radius 2 is 1.60 bits per heavy atom. The highest BCUT2D eigenvalue weighted by atomic mass is 32.2. The van der Waals surface area contributed by atoms with E-state index in [0.29, 0.717) is 17.2 Å². The monoisotopic (exact) mass is 565 g/mol. The van der Waals surface area contributed by atoms with Gasteiger partial charge in [0.1, 0.15) is 11.0 Å². The number of benzene rings is 4. The maximum absolute atomic E-state index is 13.5. The van der Waals surface area contributed by atoms with Gasteiger partial charge in [0, 0.05) is 21.5 Å². The predicted octanol–water partition coefficient (Wildman–Crippen LogP) is 7.47. The molecular weight excluding hydrogens is 539 g/mol. The molecule has 0 saturated heterocycles. The van der Waals surface area contributed by atoms with E-state index >= 15 is 0 Å². The summed E-state index contributed by atoms with van der Waals surface area (Å²) >= 11 is 2.82. The first kappa shape index (κ1) is 27.2. The van der Waals surface area contributed by atoms with Crippen LogP contribution in [-0.2, 0) is 16.0 Å². The van der Waals surface area contributed by atoms with Crippen molar-refractivity contribution in [1.82, 2.24) is 4.98 Å². The molecule has 0 aliphatic carbocycles. The van der Waals surface area contributed by atoms with Crippen LogP contribution in [0.15, 0.2) is 119 Å². The number of carbonyl (C=O) groups is 2. The summed E-state index contributed by atoms with van der Waals surface area (Å²) in [5.74, 6) is 0.506. The fraction of sp³-hybridized carbons (Fsp3) is 0.0938. The quantitative estimate of drug-likeness (QED) is 0.172. The molecule has 6 nitrogen and oxygen atoms in total. The number of anilines is 2. The summed E-state index contributed by atoms with van der Waals surface area (Å²) in [5, 5.41) is 7.89. The van der Waals surface area contributed by atoms with Gasteiger partial charge >= 0.3 is 0 Å². The Morgan fingerprint density at radius 3 is 2.33 bits per heavy atom. The van der Waals surface area contributed by atoms with Crippen molar-refractivity contribution in [2.24, 2.45) is 0 Å². The lowest BCUT2D eigenvalue weighted by Gasteiger charge is -2.16. The van der Waals surface area contributed by atoms with Gasteiger partial charge in [-0.05, 0) is 47.5 Å². The van der Waals surface area contributed by atoms with Crippen LogP contribution in [0.3, 0.4) is 0 Å².